The Hall–Kier alpha value is -1.30. The van der Waals surface area contributed by atoms with Crippen LogP contribution in [0.2, 0.25) is 0 Å². The molecule has 4 nitrogen and oxygen atoms in total. The van der Waals surface area contributed by atoms with Crippen molar-refractivity contribution in [3.63, 3.8) is 0 Å². The number of aliphatic hydroxyl groups excluding tert-OH is 2. The summed E-state index contributed by atoms with van der Waals surface area (Å²) in [6, 6.07) is 9.57. The van der Waals surface area contributed by atoms with Gasteiger partial charge in [-0.1, -0.05) is 42.5 Å². The zero-order valence-corrected chi connectivity index (χ0v) is 15.7. The van der Waals surface area contributed by atoms with Crippen LogP contribution in [0, 0.1) is 23.7 Å². The van der Waals surface area contributed by atoms with Crippen LogP contribution in [0.25, 0.3) is 0 Å². The molecule has 3 rings (SSSR count). The van der Waals surface area contributed by atoms with Crippen LogP contribution >= 0.6 is 11.8 Å². The van der Waals surface area contributed by atoms with Gasteiger partial charge in [0.2, 0.25) is 0 Å². The van der Waals surface area contributed by atoms with Gasteiger partial charge in [-0.15, -0.1) is 0 Å². The Morgan fingerprint density at radius 2 is 2.00 bits per heavy atom. The van der Waals surface area contributed by atoms with Crippen LogP contribution in [0.5, 0.6) is 0 Å². The highest BCUT2D eigenvalue weighted by molar-refractivity contribution is 7.99. The van der Waals surface area contributed by atoms with E-state index in [0.29, 0.717) is 17.8 Å². The molecule has 0 radical (unpaired) electrons. The standard InChI is InChI=1S/C21H28O4S/c22-19(15-4-2-1-3-5-15)7-6-17-18-11-14(8-9-26-13-21(24)25)10-16(18)12-20(17)23/h1-7,14,16-20,22-23H,8-13H2,(H,24,25)/t14?,16-,17+,18+,19?,20+/m0/s1. The Balaban J connectivity index is 1.52. The highest BCUT2D eigenvalue weighted by atomic mass is 32.2. The maximum Gasteiger partial charge on any atom is 0.313 e. The summed E-state index contributed by atoms with van der Waals surface area (Å²) >= 11 is 1.49. The maximum absolute atomic E-state index is 10.6. The molecule has 0 amide bonds. The second-order valence-corrected chi connectivity index (χ2v) is 8.72. The van der Waals surface area contributed by atoms with Gasteiger partial charge in [-0.05, 0) is 54.8 Å². The molecule has 2 fully saturated rings. The third-order valence-corrected chi connectivity index (χ3v) is 6.86. The molecule has 1 aromatic carbocycles. The zero-order valence-electron chi connectivity index (χ0n) is 14.9. The molecule has 26 heavy (non-hydrogen) atoms. The van der Waals surface area contributed by atoms with Gasteiger partial charge in [-0.3, -0.25) is 4.79 Å². The van der Waals surface area contributed by atoms with Crippen molar-refractivity contribution >= 4 is 17.7 Å². The predicted molar refractivity (Wildman–Crippen MR) is 104 cm³/mol. The molecule has 1 aromatic rings. The fourth-order valence-electron chi connectivity index (χ4n) is 4.68. The lowest BCUT2D eigenvalue weighted by atomic mass is 9.89. The number of aliphatic carboxylic acids is 1. The molecule has 6 atom stereocenters. The van der Waals surface area contributed by atoms with Crippen LogP contribution in [0.15, 0.2) is 42.5 Å². The number of thioether (sulfide) groups is 1. The van der Waals surface area contributed by atoms with Crippen molar-refractivity contribution in [3.8, 4) is 0 Å². The number of fused-ring (bicyclic) bond motifs is 1. The Kier molecular flexibility index (Phi) is 6.79. The summed E-state index contributed by atoms with van der Waals surface area (Å²) in [5.74, 6) is 2.13. The highest BCUT2D eigenvalue weighted by Crippen LogP contribution is 2.51. The Bertz CT molecular complexity index is 618. The first kappa shape index (κ1) is 19.5. The summed E-state index contributed by atoms with van der Waals surface area (Å²) in [7, 11) is 0. The normalized spacial score (nSPS) is 32.0. The van der Waals surface area contributed by atoms with Crippen molar-refractivity contribution < 1.29 is 20.1 Å². The number of carboxylic acid groups (broad SMARTS) is 1. The van der Waals surface area contributed by atoms with Gasteiger partial charge in [0.05, 0.1) is 18.0 Å². The molecular weight excluding hydrogens is 348 g/mol. The molecule has 2 aliphatic carbocycles. The van der Waals surface area contributed by atoms with Gasteiger partial charge in [0, 0.05) is 5.92 Å². The Labute approximate surface area is 159 Å². The smallest absolute Gasteiger partial charge is 0.313 e. The van der Waals surface area contributed by atoms with Gasteiger partial charge in [-0.25, -0.2) is 0 Å². The van der Waals surface area contributed by atoms with Crippen LogP contribution in [0.3, 0.4) is 0 Å². The van der Waals surface area contributed by atoms with Gasteiger partial charge in [0.25, 0.3) is 0 Å². The third kappa shape index (κ3) is 4.90. The number of carbonyl (C=O) groups is 1. The number of rotatable bonds is 8. The van der Waals surface area contributed by atoms with E-state index in [-0.39, 0.29) is 17.8 Å². The van der Waals surface area contributed by atoms with Gasteiger partial charge >= 0.3 is 5.97 Å². The first-order chi connectivity index (χ1) is 12.5. The number of benzene rings is 1. The number of carboxylic acids is 1. The van der Waals surface area contributed by atoms with E-state index in [1.54, 1.807) is 0 Å². The molecule has 0 spiro atoms. The molecule has 0 heterocycles. The minimum atomic E-state index is -0.747. The van der Waals surface area contributed by atoms with Gasteiger partial charge in [0.1, 0.15) is 0 Å². The fraction of sp³-hybridized carbons (Fsp3) is 0.571. The van der Waals surface area contributed by atoms with E-state index in [2.05, 4.69) is 0 Å². The first-order valence-electron chi connectivity index (χ1n) is 9.43. The summed E-state index contributed by atoms with van der Waals surface area (Å²) in [5.41, 5.74) is 0.868. The highest BCUT2D eigenvalue weighted by Gasteiger charge is 2.46. The molecule has 2 unspecified atom stereocenters. The van der Waals surface area contributed by atoms with E-state index in [0.717, 1.165) is 37.0 Å². The van der Waals surface area contributed by atoms with Gasteiger partial charge in [0.15, 0.2) is 0 Å². The minimum absolute atomic E-state index is 0.120. The minimum Gasteiger partial charge on any atom is -0.481 e. The number of aliphatic hydroxyl groups is 2. The van der Waals surface area contributed by atoms with Crippen LogP contribution in [-0.2, 0) is 4.79 Å². The largest absolute Gasteiger partial charge is 0.481 e. The second kappa shape index (κ2) is 9.07. The van der Waals surface area contributed by atoms with Crippen molar-refractivity contribution in [1.82, 2.24) is 0 Å². The molecule has 0 aliphatic heterocycles. The molecule has 0 bridgehead atoms. The molecule has 0 aromatic heterocycles. The van der Waals surface area contributed by atoms with Crippen LogP contribution in [0.4, 0.5) is 0 Å². The van der Waals surface area contributed by atoms with E-state index in [1.807, 2.05) is 42.5 Å². The lowest BCUT2D eigenvalue weighted by Gasteiger charge is -2.19. The lowest BCUT2D eigenvalue weighted by Crippen LogP contribution is -2.18. The second-order valence-electron chi connectivity index (χ2n) is 7.62. The summed E-state index contributed by atoms with van der Waals surface area (Å²) in [6.07, 6.45) is 7.05. The van der Waals surface area contributed by atoms with E-state index in [9.17, 15) is 15.0 Å². The topological polar surface area (TPSA) is 77.8 Å². The monoisotopic (exact) mass is 376 g/mol. The number of hydrogen-bond donors (Lipinski definition) is 3. The van der Waals surface area contributed by atoms with Crippen LogP contribution < -0.4 is 0 Å². The van der Waals surface area contributed by atoms with E-state index >= 15 is 0 Å². The molecule has 142 valence electrons. The Morgan fingerprint density at radius 1 is 1.23 bits per heavy atom. The lowest BCUT2D eigenvalue weighted by molar-refractivity contribution is -0.133. The zero-order chi connectivity index (χ0) is 18.5. The van der Waals surface area contributed by atoms with Crippen molar-refractivity contribution in [1.29, 1.82) is 0 Å². The SMILES string of the molecule is O=C(O)CSCCC1C[C@H]2C[C@@H](O)[C@H](C=CC(O)c3ccccc3)[C@@H]2C1. The third-order valence-electron chi connectivity index (χ3n) is 5.88. The van der Waals surface area contributed by atoms with Crippen molar-refractivity contribution in [3.05, 3.63) is 48.0 Å². The average Bonchev–Trinajstić information content (AvgIpc) is 3.14. The maximum atomic E-state index is 10.6. The molecule has 3 N–H and O–H groups in total. The molecular formula is C21H28O4S. The van der Waals surface area contributed by atoms with E-state index < -0.39 is 12.1 Å². The summed E-state index contributed by atoms with van der Waals surface area (Å²) in [5, 5.41) is 29.5. The summed E-state index contributed by atoms with van der Waals surface area (Å²) in [4.78, 5) is 10.6. The summed E-state index contributed by atoms with van der Waals surface area (Å²) in [6.45, 7) is 0. The predicted octanol–water partition coefficient (Wildman–Crippen LogP) is 3.51. The van der Waals surface area contributed by atoms with Crippen molar-refractivity contribution in [2.75, 3.05) is 11.5 Å². The molecule has 0 saturated heterocycles. The molecule has 2 saturated carbocycles. The fourth-order valence-corrected chi connectivity index (χ4v) is 5.50. The first-order valence-corrected chi connectivity index (χ1v) is 10.6. The van der Waals surface area contributed by atoms with Crippen LogP contribution in [-0.4, -0.2) is 38.9 Å². The van der Waals surface area contributed by atoms with Gasteiger partial charge in [-0.2, -0.15) is 11.8 Å². The molecule has 2 aliphatic rings. The van der Waals surface area contributed by atoms with Crippen molar-refractivity contribution in [2.24, 2.45) is 23.7 Å². The van der Waals surface area contributed by atoms with Gasteiger partial charge < -0.3 is 15.3 Å². The quantitative estimate of drug-likeness (QED) is 0.478. The molecule has 5 heteroatoms. The Morgan fingerprint density at radius 3 is 2.73 bits per heavy atom. The van der Waals surface area contributed by atoms with Crippen LogP contribution in [0.1, 0.15) is 37.4 Å². The number of hydrogen-bond acceptors (Lipinski definition) is 4. The van der Waals surface area contributed by atoms with E-state index in [1.165, 1.54) is 11.8 Å². The average molecular weight is 377 g/mol. The van der Waals surface area contributed by atoms with Crippen molar-refractivity contribution in [2.45, 2.75) is 37.9 Å². The van der Waals surface area contributed by atoms with E-state index in [4.69, 9.17) is 5.11 Å². The summed E-state index contributed by atoms with van der Waals surface area (Å²) < 4.78 is 0.